The van der Waals surface area contributed by atoms with Gasteiger partial charge in [0.05, 0.1) is 12.1 Å². The molecule has 1 aliphatic rings. The molecule has 0 spiro atoms. The van der Waals surface area contributed by atoms with Crippen LogP contribution in [0.25, 0.3) is 0 Å². The molecule has 0 bridgehead atoms. The normalized spacial score (nSPS) is 14.8. The quantitative estimate of drug-likeness (QED) is 0.789. The fourth-order valence-corrected chi connectivity index (χ4v) is 1.59. The molecule has 0 aromatic heterocycles. The minimum absolute atomic E-state index is 0.132. The van der Waals surface area contributed by atoms with Gasteiger partial charge >= 0.3 is 0 Å². The number of nitrogens with one attached hydrogen (secondary N) is 1. The molecule has 5 nitrogen and oxygen atoms in total. The van der Waals surface area contributed by atoms with Gasteiger partial charge in [0.2, 0.25) is 5.91 Å². The van der Waals surface area contributed by atoms with Crippen molar-refractivity contribution in [2.75, 3.05) is 5.01 Å². The number of carbonyl (C=O) groups is 2. The van der Waals surface area contributed by atoms with Crippen LogP contribution in [0.4, 0.5) is 5.69 Å². The van der Waals surface area contributed by atoms with E-state index in [0.717, 1.165) is 5.56 Å². The van der Waals surface area contributed by atoms with Gasteiger partial charge in [-0.15, -0.1) is 0 Å². The Morgan fingerprint density at radius 3 is 2.59 bits per heavy atom. The summed E-state index contributed by atoms with van der Waals surface area (Å²) in [5, 5.41) is 7.92. The van der Waals surface area contributed by atoms with Crippen LogP contribution in [-0.4, -0.2) is 17.6 Å². The van der Waals surface area contributed by atoms with Crippen LogP contribution in [0.1, 0.15) is 18.9 Å². The van der Waals surface area contributed by atoms with E-state index >= 15 is 0 Å². The first-order chi connectivity index (χ1) is 8.06. The maximum absolute atomic E-state index is 11.7. The third-order valence-corrected chi connectivity index (χ3v) is 2.37. The maximum Gasteiger partial charge on any atom is 0.255 e. The van der Waals surface area contributed by atoms with E-state index < -0.39 is 0 Å². The predicted molar refractivity (Wildman–Crippen MR) is 64.5 cm³/mol. The Hall–Kier alpha value is -2.17. The van der Waals surface area contributed by atoms with E-state index in [4.69, 9.17) is 0 Å². The highest BCUT2D eigenvalue weighted by Crippen LogP contribution is 2.20. The highest BCUT2D eigenvalue weighted by molar-refractivity contribution is 6.15. The van der Waals surface area contributed by atoms with Gasteiger partial charge < -0.3 is 5.32 Å². The SMILES string of the molecule is CC(=O)NC1=NN(c2ccc(C)cc2)C(=O)C1. The summed E-state index contributed by atoms with van der Waals surface area (Å²) >= 11 is 0. The number of amidine groups is 1. The summed E-state index contributed by atoms with van der Waals surface area (Å²) in [5.41, 5.74) is 1.83. The van der Waals surface area contributed by atoms with Crippen LogP contribution in [0.5, 0.6) is 0 Å². The first kappa shape index (κ1) is 11.3. The topological polar surface area (TPSA) is 61.8 Å². The Labute approximate surface area is 99.1 Å². The van der Waals surface area contributed by atoms with Crippen LogP contribution >= 0.6 is 0 Å². The number of benzene rings is 1. The average Bonchev–Trinajstić information content (AvgIpc) is 2.59. The van der Waals surface area contributed by atoms with Gasteiger partial charge in [-0.1, -0.05) is 17.7 Å². The fraction of sp³-hybridized carbons (Fsp3) is 0.250. The van der Waals surface area contributed by atoms with Crippen LogP contribution in [0.15, 0.2) is 29.4 Å². The van der Waals surface area contributed by atoms with E-state index in [1.807, 2.05) is 31.2 Å². The molecule has 0 radical (unpaired) electrons. The van der Waals surface area contributed by atoms with Crippen molar-refractivity contribution in [1.29, 1.82) is 0 Å². The largest absolute Gasteiger partial charge is 0.313 e. The smallest absolute Gasteiger partial charge is 0.255 e. The molecular formula is C12H13N3O2. The third-order valence-electron chi connectivity index (χ3n) is 2.37. The third kappa shape index (κ3) is 2.50. The van der Waals surface area contributed by atoms with Crippen molar-refractivity contribution in [1.82, 2.24) is 5.32 Å². The zero-order chi connectivity index (χ0) is 12.4. The van der Waals surface area contributed by atoms with Crippen molar-refractivity contribution in [2.24, 2.45) is 5.10 Å². The number of hydrogen-bond acceptors (Lipinski definition) is 3. The van der Waals surface area contributed by atoms with Gasteiger partial charge in [-0.05, 0) is 19.1 Å². The second-order valence-electron chi connectivity index (χ2n) is 3.95. The lowest BCUT2D eigenvalue weighted by atomic mass is 10.2. The van der Waals surface area contributed by atoms with E-state index in [9.17, 15) is 9.59 Å². The molecule has 2 rings (SSSR count). The fourth-order valence-electron chi connectivity index (χ4n) is 1.59. The standard InChI is InChI=1S/C12H13N3O2/c1-8-3-5-10(6-4-8)15-12(17)7-11(14-15)13-9(2)16/h3-6H,7H2,1-2H3,(H,13,14,16). The highest BCUT2D eigenvalue weighted by Gasteiger charge is 2.25. The molecule has 2 amide bonds. The number of rotatable bonds is 1. The average molecular weight is 231 g/mol. The van der Waals surface area contributed by atoms with E-state index in [1.165, 1.54) is 11.9 Å². The predicted octanol–water partition coefficient (Wildman–Crippen LogP) is 1.18. The first-order valence-electron chi connectivity index (χ1n) is 5.31. The Morgan fingerprint density at radius 1 is 1.35 bits per heavy atom. The number of carbonyl (C=O) groups excluding carboxylic acids is 2. The van der Waals surface area contributed by atoms with E-state index in [1.54, 1.807) is 0 Å². The molecule has 0 fully saturated rings. The van der Waals surface area contributed by atoms with Crippen LogP contribution in [0, 0.1) is 6.92 Å². The van der Waals surface area contributed by atoms with Crippen LogP contribution in [0.3, 0.4) is 0 Å². The summed E-state index contributed by atoms with van der Waals surface area (Å²) in [7, 11) is 0. The molecule has 0 unspecified atom stereocenters. The lowest BCUT2D eigenvalue weighted by Crippen LogP contribution is -2.27. The van der Waals surface area contributed by atoms with Gasteiger partial charge in [-0.25, -0.2) is 0 Å². The van der Waals surface area contributed by atoms with Gasteiger partial charge in [0.1, 0.15) is 5.84 Å². The molecule has 1 aromatic carbocycles. The monoisotopic (exact) mass is 231 g/mol. The molecule has 1 N–H and O–H groups in total. The van der Waals surface area contributed by atoms with Crippen molar-refractivity contribution in [3.8, 4) is 0 Å². The summed E-state index contributed by atoms with van der Waals surface area (Å²) < 4.78 is 0. The van der Waals surface area contributed by atoms with Gasteiger partial charge in [0, 0.05) is 6.92 Å². The number of nitrogens with zero attached hydrogens (tertiary/aromatic N) is 2. The number of amides is 2. The van der Waals surface area contributed by atoms with E-state index in [2.05, 4.69) is 10.4 Å². The van der Waals surface area contributed by atoms with Crippen LogP contribution in [-0.2, 0) is 9.59 Å². The minimum atomic E-state index is -0.220. The Kier molecular flexibility index (Phi) is 2.91. The van der Waals surface area contributed by atoms with Crippen molar-refractivity contribution in [3.05, 3.63) is 29.8 Å². The highest BCUT2D eigenvalue weighted by atomic mass is 16.2. The molecule has 0 aliphatic carbocycles. The molecule has 1 aromatic rings. The molecule has 17 heavy (non-hydrogen) atoms. The molecule has 1 heterocycles. The molecule has 88 valence electrons. The van der Waals surface area contributed by atoms with E-state index in [0.29, 0.717) is 11.5 Å². The van der Waals surface area contributed by atoms with E-state index in [-0.39, 0.29) is 18.2 Å². The second kappa shape index (κ2) is 4.37. The summed E-state index contributed by atoms with van der Waals surface area (Å²) in [6.07, 6.45) is 0.132. The Balaban J connectivity index is 2.21. The number of anilines is 1. The summed E-state index contributed by atoms with van der Waals surface area (Å²) in [6.45, 7) is 3.36. The Morgan fingerprint density at radius 2 is 2.00 bits per heavy atom. The molecule has 0 atom stereocenters. The molecule has 1 aliphatic heterocycles. The summed E-state index contributed by atoms with van der Waals surface area (Å²) in [4.78, 5) is 22.6. The first-order valence-corrected chi connectivity index (χ1v) is 5.31. The molecular weight excluding hydrogens is 218 g/mol. The van der Waals surface area contributed by atoms with Gasteiger partial charge in [-0.2, -0.15) is 10.1 Å². The minimum Gasteiger partial charge on any atom is -0.313 e. The zero-order valence-electron chi connectivity index (χ0n) is 9.73. The number of hydrogen-bond donors (Lipinski definition) is 1. The molecule has 0 saturated heterocycles. The van der Waals surface area contributed by atoms with Crippen molar-refractivity contribution in [2.45, 2.75) is 20.3 Å². The lowest BCUT2D eigenvalue weighted by molar-refractivity contribution is -0.117. The van der Waals surface area contributed by atoms with Gasteiger partial charge in [-0.3, -0.25) is 9.59 Å². The van der Waals surface area contributed by atoms with Crippen molar-refractivity contribution < 1.29 is 9.59 Å². The lowest BCUT2D eigenvalue weighted by Gasteiger charge is -2.11. The van der Waals surface area contributed by atoms with Crippen LogP contribution < -0.4 is 10.3 Å². The van der Waals surface area contributed by atoms with Crippen LogP contribution in [0.2, 0.25) is 0 Å². The second-order valence-corrected chi connectivity index (χ2v) is 3.95. The molecule has 5 heteroatoms. The van der Waals surface area contributed by atoms with Gasteiger partial charge in [0.15, 0.2) is 0 Å². The Bertz CT molecular complexity index is 491. The maximum atomic E-state index is 11.7. The van der Waals surface area contributed by atoms with Gasteiger partial charge in [0.25, 0.3) is 5.91 Å². The number of aryl methyl sites for hydroxylation is 1. The summed E-state index contributed by atoms with van der Waals surface area (Å²) in [6, 6.07) is 7.48. The number of hydrazone groups is 1. The van der Waals surface area contributed by atoms with Crippen molar-refractivity contribution >= 4 is 23.3 Å². The van der Waals surface area contributed by atoms with Crippen molar-refractivity contribution in [3.63, 3.8) is 0 Å². The molecule has 0 saturated carbocycles. The summed E-state index contributed by atoms with van der Waals surface area (Å²) in [5.74, 6) is 0.0305. The zero-order valence-corrected chi connectivity index (χ0v) is 9.73.